The molecule has 2 bridgehead atoms. The van der Waals surface area contributed by atoms with Crippen LogP contribution >= 0.6 is 0 Å². The lowest BCUT2D eigenvalue weighted by Crippen LogP contribution is -2.61. The summed E-state index contributed by atoms with van der Waals surface area (Å²) in [5.74, 6) is -0.142. The monoisotopic (exact) mass is 465 g/mol. The molecule has 0 amide bonds. The van der Waals surface area contributed by atoms with Gasteiger partial charge in [-0.25, -0.2) is 4.39 Å². The highest BCUT2D eigenvalue weighted by Crippen LogP contribution is 2.58. The fourth-order valence-corrected chi connectivity index (χ4v) is 6.06. The Bertz CT molecular complexity index is 985. The molecule has 3 aliphatic heterocycles. The summed E-state index contributed by atoms with van der Waals surface area (Å²) in [6.07, 6.45) is -0.306. The average molecular weight is 465 g/mol. The van der Waals surface area contributed by atoms with Crippen LogP contribution in [0.2, 0.25) is 0 Å². The van der Waals surface area contributed by atoms with E-state index in [0.717, 1.165) is 25.7 Å². The predicted molar refractivity (Wildman–Crippen MR) is 114 cm³/mol. The van der Waals surface area contributed by atoms with Gasteiger partial charge in [0.15, 0.2) is 0 Å². The Labute approximate surface area is 190 Å². The molecule has 178 valence electrons. The fraction of sp³-hybridized carbons (Fsp3) is 0.520. The maximum absolute atomic E-state index is 12.8. The van der Waals surface area contributed by atoms with Crippen LogP contribution in [0.5, 0.6) is 11.5 Å². The fourth-order valence-electron chi connectivity index (χ4n) is 6.06. The van der Waals surface area contributed by atoms with Crippen LogP contribution in [0.15, 0.2) is 48.5 Å². The highest BCUT2D eigenvalue weighted by Gasteiger charge is 2.62. The molecule has 33 heavy (non-hydrogen) atoms. The summed E-state index contributed by atoms with van der Waals surface area (Å²) in [6.45, 7) is -0.501. The molecular formula is C25H27F4NO3. The summed E-state index contributed by atoms with van der Waals surface area (Å²) < 4.78 is 67.6. The van der Waals surface area contributed by atoms with Crippen molar-refractivity contribution in [1.82, 2.24) is 5.32 Å². The molecule has 0 aliphatic carbocycles. The van der Waals surface area contributed by atoms with Crippen molar-refractivity contribution < 1.29 is 31.8 Å². The minimum atomic E-state index is -4.80. The van der Waals surface area contributed by atoms with E-state index in [9.17, 15) is 17.6 Å². The molecule has 4 unspecified atom stereocenters. The highest BCUT2D eigenvalue weighted by atomic mass is 19.4. The van der Waals surface area contributed by atoms with Crippen LogP contribution in [-0.2, 0) is 10.3 Å². The van der Waals surface area contributed by atoms with Gasteiger partial charge in [0, 0.05) is 17.5 Å². The number of alkyl halides is 4. The third-order valence-corrected chi connectivity index (χ3v) is 7.39. The Hall–Kier alpha value is -2.32. The first-order valence-corrected chi connectivity index (χ1v) is 11.4. The van der Waals surface area contributed by atoms with Crippen molar-refractivity contribution in [2.45, 2.75) is 61.6 Å². The molecule has 4 nitrogen and oxygen atoms in total. The quantitative estimate of drug-likeness (QED) is 0.563. The third kappa shape index (κ3) is 4.08. The second kappa shape index (κ2) is 8.47. The van der Waals surface area contributed by atoms with Crippen molar-refractivity contribution in [2.24, 2.45) is 0 Å². The summed E-state index contributed by atoms with van der Waals surface area (Å²) in [7, 11) is 0. The summed E-state index contributed by atoms with van der Waals surface area (Å²) in [4.78, 5) is 0. The van der Waals surface area contributed by atoms with Crippen molar-refractivity contribution in [1.29, 1.82) is 0 Å². The number of nitrogens with one attached hydrogen (secondary N) is 1. The van der Waals surface area contributed by atoms with Crippen molar-refractivity contribution in [3.8, 4) is 11.5 Å². The standard InChI is InChI=1S/C25H27F4NO3/c26-12-13-31-22-7-6-20(33-25(27,28)29)14-21(22)17-15-23(32-16-17)10-8-19-9-11-24(23,30-19)18-4-2-1-3-5-18/h1-7,14,17,19,30H,8-13,15-16H2. The molecule has 3 aliphatic rings. The smallest absolute Gasteiger partial charge is 0.491 e. The SMILES string of the molecule is FCCOc1ccc(OC(F)(F)F)cc1C1COC2(CCC3CCC2(c2ccccc2)N3)C1. The van der Waals surface area contributed by atoms with Gasteiger partial charge in [-0.1, -0.05) is 30.3 Å². The van der Waals surface area contributed by atoms with E-state index in [2.05, 4.69) is 22.2 Å². The Morgan fingerprint density at radius 3 is 2.61 bits per heavy atom. The van der Waals surface area contributed by atoms with Gasteiger partial charge >= 0.3 is 6.36 Å². The summed E-state index contributed by atoms with van der Waals surface area (Å²) in [5.41, 5.74) is 0.914. The molecule has 3 fully saturated rings. The number of hydrogen-bond donors (Lipinski definition) is 1. The van der Waals surface area contributed by atoms with Crippen LogP contribution in [0.4, 0.5) is 17.6 Å². The van der Waals surface area contributed by atoms with E-state index >= 15 is 0 Å². The Morgan fingerprint density at radius 2 is 1.85 bits per heavy atom. The molecule has 2 aromatic rings. The van der Waals surface area contributed by atoms with Crippen LogP contribution in [-0.4, -0.2) is 37.9 Å². The number of piperidine rings is 1. The van der Waals surface area contributed by atoms with Crippen LogP contribution in [0, 0.1) is 0 Å². The number of halogens is 4. The van der Waals surface area contributed by atoms with Gasteiger partial charge in [-0.3, -0.25) is 0 Å². The Morgan fingerprint density at radius 1 is 1.06 bits per heavy atom. The lowest BCUT2D eigenvalue weighted by atomic mass is 9.67. The van der Waals surface area contributed by atoms with E-state index in [1.807, 2.05) is 18.2 Å². The van der Waals surface area contributed by atoms with E-state index in [-0.39, 0.29) is 23.8 Å². The van der Waals surface area contributed by atoms with Crippen LogP contribution in [0.3, 0.4) is 0 Å². The summed E-state index contributed by atoms with van der Waals surface area (Å²) in [5, 5.41) is 3.84. The molecule has 3 saturated heterocycles. The summed E-state index contributed by atoms with van der Waals surface area (Å²) >= 11 is 0. The minimum Gasteiger partial charge on any atom is -0.491 e. The second-order valence-corrected chi connectivity index (χ2v) is 9.18. The maximum Gasteiger partial charge on any atom is 0.573 e. The predicted octanol–water partition coefficient (Wildman–Crippen LogP) is 5.62. The zero-order chi connectivity index (χ0) is 23.1. The molecule has 8 heteroatoms. The van der Waals surface area contributed by atoms with Gasteiger partial charge < -0.3 is 19.5 Å². The molecule has 0 aromatic heterocycles. The highest BCUT2D eigenvalue weighted by molar-refractivity contribution is 5.44. The topological polar surface area (TPSA) is 39.7 Å². The molecule has 0 radical (unpaired) electrons. The van der Waals surface area contributed by atoms with Crippen molar-refractivity contribution in [3.63, 3.8) is 0 Å². The molecule has 5 rings (SSSR count). The van der Waals surface area contributed by atoms with Crippen molar-refractivity contribution in [2.75, 3.05) is 19.9 Å². The van der Waals surface area contributed by atoms with E-state index in [1.165, 1.54) is 23.8 Å². The number of rotatable bonds is 6. The number of fused-ring (bicyclic) bond motifs is 3. The van der Waals surface area contributed by atoms with Gasteiger partial charge in [0.05, 0.1) is 17.7 Å². The van der Waals surface area contributed by atoms with Gasteiger partial charge in [0.1, 0.15) is 24.8 Å². The van der Waals surface area contributed by atoms with E-state index in [4.69, 9.17) is 9.47 Å². The molecule has 3 heterocycles. The molecule has 1 N–H and O–H groups in total. The lowest BCUT2D eigenvalue weighted by molar-refractivity contribution is -0.274. The average Bonchev–Trinajstić information content (AvgIpc) is 3.39. The lowest BCUT2D eigenvalue weighted by Gasteiger charge is -2.50. The Balaban J connectivity index is 1.49. The van der Waals surface area contributed by atoms with Crippen LogP contribution < -0.4 is 14.8 Å². The maximum atomic E-state index is 12.8. The molecule has 1 spiro atoms. The number of ether oxygens (including phenoxy) is 3. The zero-order valence-electron chi connectivity index (χ0n) is 18.2. The number of benzene rings is 2. The van der Waals surface area contributed by atoms with Gasteiger partial charge in [0.25, 0.3) is 0 Å². The molecule has 0 saturated carbocycles. The van der Waals surface area contributed by atoms with Crippen LogP contribution in [0.1, 0.15) is 49.1 Å². The third-order valence-electron chi connectivity index (χ3n) is 7.39. The first kappa shape index (κ1) is 22.5. The molecule has 2 aromatic carbocycles. The van der Waals surface area contributed by atoms with E-state index < -0.39 is 18.6 Å². The zero-order valence-corrected chi connectivity index (χ0v) is 18.2. The van der Waals surface area contributed by atoms with Gasteiger partial charge in [-0.2, -0.15) is 0 Å². The Kier molecular flexibility index (Phi) is 5.77. The van der Waals surface area contributed by atoms with Crippen molar-refractivity contribution >= 4 is 0 Å². The normalized spacial score (nSPS) is 31.2. The first-order chi connectivity index (χ1) is 15.8. The first-order valence-electron chi connectivity index (χ1n) is 11.4. The van der Waals surface area contributed by atoms with Gasteiger partial charge in [-0.15, -0.1) is 13.2 Å². The van der Waals surface area contributed by atoms with Gasteiger partial charge in [-0.05, 0) is 55.9 Å². The second-order valence-electron chi connectivity index (χ2n) is 9.18. The minimum absolute atomic E-state index is 0.164. The van der Waals surface area contributed by atoms with Crippen molar-refractivity contribution in [3.05, 3.63) is 59.7 Å². The molecule has 4 atom stereocenters. The van der Waals surface area contributed by atoms with Crippen LogP contribution in [0.25, 0.3) is 0 Å². The van der Waals surface area contributed by atoms with E-state index in [1.54, 1.807) is 0 Å². The van der Waals surface area contributed by atoms with E-state index in [0.29, 0.717) is 30.4 Å². The number of hydrogen-bond acceptors (Lipinski definition) is 4. The largest absolute Gasteiger partial charge is 0.573 e. The van der Waals surface area contributed by atoms with Gasteiger partial charge in [0.2, 0.25) is 0 Å². The molecular weight excluding hydrogens is 438 g/mol. The summed E-state index contributed by atoms with van der Waals surface area (Å²) in [6, 6.07) is 14.7.